The highest BCUT2D eigenvalue weighted by molar-refractivity contribution is 7.89. The first kappa shape index (κ1) is 22.4. The predicted octanol–water partition coefficient (Wildman–Crippen LogP) is 1.51. The maximum Gasteiger partial charge on any atom is 0.238 e. The van der Waals surface area contributed by atoms with Crippen LogP contribution in [-0.4, -0.2) is 51.0 Å². The molecule has 0 unspecified atom stereocenters. The van der Waals surface area contributed by atoms with E-state index in [2.05, 4.69) is 48.2 Å². The van der Waals surface area contributed by atoms with Gasteiger partial charge in [0, 0.05) is 31.7 Å². The molecular weight excluding hydrogens is 350 g/mol. The molecule has 0 aliphatic heterocycles. The van der Waals surface area contributed by atoms with Gasteiger partial charge >= 0.3 is 0 Å². The number of rotatable bonds is 9. The van der Waals surface area contributed by atoms with E-state index < -0.39 is 10.0 Å². The molecule has 0 heterocycles. The highest BCUT2D eigenvalue weighted by atomic mass is 32.2. The largest absolute Gasteiger partial charge is 0.357 e. The number of nitrogens with zero attached hydrogens (tertiary/aromatic N) is 2. The maximum absolute atomic E-state index is 11.3. The molecule has 0 fully saturated rings. The molecule has 7 nitrogen and oxygen atoms in total. The quantitative estimate of drug-likeness (QED) is 0.443. The smallest absolute Gasteiger partial charge is 0.238 e. The Kier molecular flexibility index (Phi) is 9.04. The number of nitrogens with two attached hydrogens (primary N) is 1. The topological polar surface area (TPSA) is 99.8 Å². The standard InChI is InChI=1S/C18H33N5O2S/c1-6-20-18(21-11-12-23(14(2)3)15(4)5)22-13-16-7-9-17(10-8-16)26(19,24)25/h7-10,14-15H,6,11-13H2,1-5H3,(H2,19,24,25)(H2,20,21,22). The monoisotopic (exact) mass is 383 g/mol. The molecule has 0 saturated heterocycles. The van der Waals surface area contributed by atoms with Gasteiger partial charge in [0.05, 0.1) is 11.4 Å². The van der Waals surface area contributed by atoms with Crippen molar-refractivity contribution in [3.8, 4) is 0 Å². The summed E-state index contributed by atoms with van der Waals surface area (Å²) in [6, 6.07) is 7.45. The predicted molar refractivity (Wildman–Crippen MR) is 108 cm³/mol. The number of hydrogen-bond acceptors (Lipinski definition) is 4. The molecule has 0 aliphatic rings. The van der Waals surface area contributed by atoms with Crippen molar-refractivity contribution in [1.82, 2.24) is 15.5 Å². The Hall–Kier alpha value is -1.64. The lowest BCUT2D eigenvalue weighted by molar-refractivity contribution is 0.178. The summed E-state index contributed by atoms with van der Waals surface area (Å²) in [5.41, 5.74) is 0.917. The molecule has 0 amide bonds. The van der Waals surface area contributed by atoms with Crippen molar-refractivity contribution in [2.75, 3.05) is 19.6 Å². The zero-order valence-electron chi connectivity index (χ0n) is 16.5. The fraction of sp³-hybridized carbons (Fsp3) is 0.611. The minimum Gasteiger partial charge on any atom is -0.357 e. The lowest BCUT2D eigenvalue weighted by Crippen LogP contribution is -2.45. The van der Waals surface area contributed by atoms with Gasteiger partial charge < -0.3 is 10.6 Å². The maximum atomic E-state index is 11.3. The molecule has 0 saturated carbocycles. The van der Waals surface area contributed by atoms with E-state index in [4.69, 9.17) is 5.14 Å². The molecule has 1 aromatic rings. The van der Waals surface area contributed by atoms with Crippen LogP contribution in [0.3, 0.4) is 0 Å². The summed E-state index contributed by atoms with van der Waals surface area (Å²) in [4.78, 5) is 7.09. The van der Waals surface area contributed by atoms with Gasteiger partial charge in [-0.25, -0.2) is 18.5 Å². The van der Waals surface area contributed by atoms with Crippen molar-refractivity contribution < 1.29 is 8.42 Å². The van der Waals surface area contributed by atoms with Crippen molar-refractivity contribution in [2.45, 2.75) is 58.1 Å². The number of hydrogen-bond donors (Lipinski definition) is 3. The highest BCUT2D eigenvalue weighted by Crippen LogP contribution is 2.09. The third-order valence-corrected chi connectivity index (χ3v) is 4.93. The fourth-order valence-corrected chi connectivity index (χ4v) is 3.23. The van der Waals surface area contributed by atoms with Crippen LogP contribution in [0.5, 0.6) is 0 Å². The number of aliphatic imine (C=N–C) groups is 1. The normalized spacial score (nSPS) is 12.9. The van der Waals surface area contributed by atoms with Crippen LogP contribution in [0, 0.1) is 0 Å². The van der Waals surface area contributed by atoms with Crippen LogP contribution in [0.2, 0.25) is 0 Å². The summed E-state index contributed by atoms with van der Waals surface area (Å²) >= 11 is 0. The summed E-state index contributed by atoms with van der Waals surface area (Å²) in [5, 5.41) is 11.7. The number of benzene rings is 1. The van der Waals surface area contributed by atoms with Crippen LogP contribution >= 0.6 is 0 Å². The van der Waals surface area contributed by atoms with Gasteiger partial charge in [-0.15, -0.1) is 0 Å². The number of primary sulfonamides is 1. The molecule has 8 heteroatoms. The Morgan fingerprint density at radius 2 is 1.69 bits per heavy atom. The van der Waals surface area contributed by atoms with E-state index in [1.165, 1.54) is 12.1 Å². The van der Waals surface area contributed by atoms with Crippen molar-refractivity contribution in [3.05, 3.63) is 29.8 Å². The molecule has 0 atom stereocenters. The van der Waals surface area contributed by atoms with Crippen LogP contribution < -0.4 is 15.8 Å². The first-order chi connectivity index (χ1) is 12.1. The van der Waals surface area contributed by atoms with E-state index >= 15 is 0 Å². The van der Waals surface area contributed by atoms with E-state index in [0.717, 1.165) is 31.2 Å². The van der Waals surface area contributed by atoms with Crippen molar-refractivity contribution >= 4 is 16.0 Å². The van der Waals surface area contributed by atoms with Crippen LogP contribution in [0.15, 0.2) is 34.2 Å². The lowest BCUT2D eigenvalue weighted by atomic mass is 10.2. The van der Waals surface area contributed by atoms with Gasteiger partial charge in [-0.2, -0.15) is 0 Å². The van der Waals surface area contributed by atoms with Gasteiger partial charge in [0.2, 0.25) is 10.0 Å². The van der Waals surface area contributed by atoms with E-state index in [0.29, 0.717) is 18.6 Å². The van der Waals surface area contributed by atoms with E-state index in [-0.39, 0.29) is 4.90 Å². The Morgan fingerprint density at radius 1 is 1.12 bits per heavy atom. The highest BCUT2D eigenvalue weighted by Gasteiger charge is 2.12. The minimum absolute atomic E-state index is 0.109. The lowest BCUT2D eigenvalue weighted by Gasteiger charge is -2.30. The van der Waals surface area contributed by atoms with Crippen LogP contribution in [0.1, 0.15) is 40.2 Å². The molecule has 4 N–H and O–H groups in total. The second-order valence-corrected chi connectivity index (χ2v) is 8.30. The van der Waals surface area contributed by atoms with Gasteiger partial charge in [-0.05, 0) is 52.3 Å². The Morgan fingerprint density at radius 3 is 2.15 bits per heavy atom. The SMILES string of the molecule is CCNC(=NCc1ccc(S(N)(=O)=O)cc1)NCCN(C(C)C)C(C)C. The van der Waals surface area contributed by atoms with Gasteiger partial charge in [0.25, 0.3) is 0 Å². The second-order valence-electron chi connectivity index (χ2n) is 6.74. The Labute approximate surface area is 158 Å². The third-order valence-electron chi connectivity index (χ3n) is 4.00. The Balaban J connectivity index is 2.65. The summed E-state index contributed by atoms with van der Waals surface area (Å²) < 4.78 is 22.6. The minimum atomic E-state index is -3.66. The van der Waals surface area contributed by atoms with Crippen LogP contribution in [0.4, 0.5) is 0 Å². The molecular formula is C18H33N5O2S. The summed E-state index contributed by atoms with van der Waals surface area (Å²) in [5.74, 6) is 0.746. The van der Waals surface area contributed by atoms with Crippen molar-refractivity contribution in [2.24, 2.45) is 10.1 Å². The molecule has 1 aromatic carbocycles. The average Bonchev–Trinajstić information content (AvgIpc) is 2.55. The first-order valence-electron chi connectivity index (χ1n) is 9.04. The molecule has 0 bridgehead atoms. The summed E-state index contributed by atoms with van der Waals surface area (Å²) in [6.45, 7) is 13.8. The number of sulfonamides is 1. The second kappa shape index (κ2) is 10.5. The summed E-state index contributed by atoms with van der Waals surface area (Å²) in [6.07, 6.45) is 0. The molecule has 148 valence electrons. The summed E-state index contributed by atoms with van der Waals surface area (Å²) in [7, 11) is -3.66. The molecule has 0 aliphatic carbocycles. The Bertz CT molecular complexity index is 661. The molecule has 1 rings (SSSR count). The van der Waals surface area contributed by atoms with Gasteiger partial charge in [0.1, 0.15) is 0 Å². The fourth-order valence-electron chi connectivity index (χ4n) is 2.71. The molecule has 0 aromatic heterocycles. The van der Waals surface area contributed by atoms with Crippen molar-refractivity contribution in [3.63, 3.8) is 0 Å². The van der Waals surface area contributed by atoms with E-state index in [1.54, 1.807) is 12.1 Å². The van der Waals surface area contributed by atoms with Crippen molar-refractivity contribution in [1.29, 1.82) is 0 Å². The van der Waals surface area contributed by atoms with E-state index in [1.807, 2.05) is 6.92 Å². The zero-order chi connectivity index (χ0) is 19.7. The number of guanidine groups is 1. The van der Waals surface area contributed by atoms with Crippen LogP contribution in [0.25, 0.3) is 0 Å². The molecule has 0 spiro atoms. The average molecular weight is 384 g/mol. The van der Waals surface area contributed by atoms with Gasteiger partial charge in [-0.1, -0.05) is 12.1 Å². The van der Waals surface area contributed by atoms with Gasteiger partial charge in [0.15, 0.2) is 5.96 Å². The molecule has 0 radical (unpaired) electrons. The first-order valence-corrected chi connectivity index (χ1v) is 10.6. The molecule has 26 heavy (non-hydrogen) atoms. The third kappa shape index (κ3) is 7.72. The van der Waals surface area contributed by atoms with Crippen LogP contribution in [-0.2, 0) is 16.6 Å². The van der Waals surface area contributed by atoms with E-state index in [9.17, 15) is 8.42 Å². The van der Waals surface area contributed by atoms with Gasteiger partial charge in [-0.3, -0.25) is 4.90 Å². The zero-order valence-corrected chi connectivity index (χ0v) is 17.3. The number of nitrogens with one attached hydrogen (secondary N) is 2.